The number of benzene rings is 1. The zero-order chi connectivity index (χ0) is 17.7. The average Bonchev–Trinajstić information content (AvgIpc) is 2.67. The maximum atomic E-state index is 11.9. The summed E-state index contributed by atoms with van der Waals surface area (Å²) in [4.78, 5) is 11.9. The fourth-order valence-corrected chi connectivity index (χ4v) is 4.91. The van der Waals surface area contributed by atoms with Crippen molar-refractivity contribution < 1.29 is 4.79 Å². The molecular weight excluding hydrogens is 306 g/mol. The summed E-state index contributed by atoms with van der Waals surface area (Å²) < 4.78 is 0. The van der Waals surface area contributed by atoms with Crippen molar-refractivity contribution in [2.24, 2.45) is 11.3 Å². The molecule has 2 fully saturated rings. The number of nitrogens with zero attached hydrogens (tertiary/aromatic N) is 1. The van der Waals surface area contributed by atoms with Gasteiger partial charge in [0.2, 0.25) is 0 Å². The fourth-order valence-electron chi connectivity index (χ4n) is 4.91. The predicted octanol–water partition coefficient (Wildman–Crippen LogP) is 5.96. The molecule has 0 N–H and O–H groups in total. The van der Waals surface area contributed by atoms with Crippen LogP contribution in [0.3, 0.4) is 0 Å². The van der Waals surface area contributed by atoms with Crippen LogP contribution in [0.15, 0.2) is 24.3 Å². The van der Waals surface area contributed by atoms with Crippen molar-refractivity contribution >= 4 is 5.78 Å². The van der Waals surface area contributed by atoms with Crippen LogP contribution < -0.4 is 0 Å². The first-order chi connectivity index (χ1) is 12.2. The Morgan fingerprint density at radius 2 is 1.88 bits per heavy atom. The maximum absolute atomic E-state index is 11.9. The number of Topliss-reactive ketones (excluding diaryl/α,β-unsaturated/α-hetero) is 1. The maximum Gasteiger partial charge on any atom is 0.133 e. The molecule has 2 heteroatoms. The molecule has 25 heavy (non-hydrogen) atoms. The summed E-state index contributed by atoms with van der Waals surface area (Å²) in [6.07, 6.45) is 11.2. The Labute approximate surface area is 152 Å². The Morgan fingerprint density at radius 1 is 1.16 bits per heavy atom. The van der Waals surface area contributed by atoms with Crippen molar-refractivity contribution in [3.05, 3.63) is 35.4 Å². The number of carbonyl (C=O) groups excluding carboxylic acids is 1. The normalized spacial score (nSPS) is 30.0. The Hall–Kier alpha value is -1.62. The first kappa shape index (κ1) is 18.2. The quantitative estimate of drug-likeness (QED) is 0.665. The monoisotopic (exact) mass is 337 g/mol. The first-order valence-corrected chi connectivity index (χ1v) is 10.2. The van der Waals surface area contributed by atoms with Crippen LogP contribution in [0.1, 0.15) is 88.2 Å². The number of unbranched alkanes of at least 4 members (excludes halogenated alkanes) is 1. The summed E-state index contributed by atoms with van der Waals surface area (Å²) in [6, 6.07) is 11.8. The molecule has 0 unspecified atom stereocenters. The summed E-state index contributed by atoms with van der Waals surface area (Å²) in [5.41, 5.74) is 2.63. The zero-order valence-electron chi connectivity index (χ0n) is 15.6. The van der Waals surface area contributed by atoms with E-state index in [0.29, 0.717) is 24.0 Å². The highest BCUT2D eigenvalue weighted by Gasteiger charge is 2.43. The van der Waals surface area contributed by atoms with E-state index in [-0.39, 0.29) is 5.41 Å². The summed E-state index contributed by atoms with van der Waals surface area (Å²) in [7, 11) is 0. The Balaban J connectivity index is 1.62. The van der Waals surface area contributed by atoms with E-state index in [1.165, 1.54) is 30.4 Å². The SMILES string of the molecule is CCCCc1ccc([C@H]2CC[C@@](C#N)([C@@H]3CCCC(=O)C3)CC2)cc1. The van der Waals surface area contributed by atoms with Crippen molar-refractivity contribution in [3.8, 4) is 6.07 Å². The average molecular weight is 338 g/mol. The van der Waals surface area contributed by atoms with Crippen molar-refractivity contribution in [1.82, 2.24) is 0 Å². The van der Waals surface area contributed by atoms with Crippen molar-refractivity contribution in [3.63, 3.8) is 0 Å². The molecule has 1 atom stereocenters. The van der Waals surface area contributed by atoms with Gasteiger partial charge in [-0.05, 0) is 74.3 Å². The van der Waals surface area contributed by atoms with Gasteiger partial charge in [0.15, 0.2) is 0 Å². The van der Waals surface area contributed by atoms with E-state index >= 15 is 0 Å². The van der Waals surface area contributed by atoms with Crippen LogP contribution in [0, 0.1) is 22.7 Å². The van der Waals surface area contributed by atoms with Gasteiger partial charge in [0.1, 0.15) is 5.78 Å². The second kappa shape index (κ2) is 8.17. The summed E-state index contributed by atoms with van der Waals surface area (Å²) in [5, 5.41) is 9.89. The minimum atomic E-state index is -0.242. The van der Waals surface area contributed by atoms with Gasteiger partial charge in [0, 0.05) is 12.8 Å². The van der Waals surface area contributed by atoms with Crippen molar-refractivity contribution in [2.45, 2.75) is 83.5 Å². The Bertz CT molecular complexity index is 616. The van der Waals surface area contributed by atoms with Gasteiger partial charge in [-0.3, -0.25) is 4.79 Å². The molecule has 0 heterocycles. The highest BCUT2D eigenvalue weighted by molar-refractivity contribution is 5.79. The Kier molecular flexibility index (Phi) is 5.94. The van der Waals surface area contributed by atoms with Crippen LogP contribution in [0.25, 0.3) is 0 Å². The number of rotatable bonds is 5. The van der Waals surface area contributed by atoms with E-state index in [1.807, 2.05) is 0 Å². The third-order valence-electron chi connectivity index (χ3n) is 6.63. The largest absolute Gasteiger partial charge is 0.300 e. The summed E-state index contributed by atoms with van der Waals surface area (Å²) in [5.74, 6) is 1.26. The van der Waals surface area contributed by atoms with Gasteiger partial charge in [-0.1, -0.05) is 37.6 Å². The molecular formula is C23H31NO. The molecule has 2 saturated carbocycles. The highest BCUT2D eigenvalue weighted by Crippen LogP contribution is 2.50. The van der Waals surface area contributed by atoms with Gasteiger partial charge in [-0.15, -0.1) is 0 Å². The lowest BCUT2D eigenvalue weighted by atomic mass is 9.60. The molecule has 3 rings (SSSR count). The molecule has 0 aliphatic heterocycles. The Morgan fingerprint density at radius 3 is 2.48 bits per heavy atom. The van der Waals surface area contributed by atoms with Gasteiger partial charge in [0.05, 0.1) is 11.5 Å². The topological polar surface area (TPSA) is 40.9 Å². The van der Waals surface area contributed by atoms with E-state index in [4.69, 9.17) is 0 Å². The van der Waals surface area contributed by atoms with Crippen LogP contribution in [0.4, 0.5) is 0 Å². The second-order valence-electron chi connectivity index (χ2n) is 8.22. The van der Waals surface area contributed by atoms with Gasteiger partial charge >= 0.3 is 0 Å². The third kappa shape index (κ3) is 4.14. The molecule has 2 aliphatic rings. The fraction of sp³-hybridized carbons (Fsp3) is 0.652. The minimum absolute atomic E-state index is 0.242. The number of hydrogen-bond donors (Lipinski definition) is 0. The molecule has 1 aromatic carbocycles. The van der Waals surface area contributed by atoms with E-state index in [2.05, 4.69) is 37.3 Å². The number of aryl methyl sites for hydroxylation is 1. The summed E-state index contributed by atoms with van der Waals surface area (Å²) >= 11 is 0. The van der Waals surface area contributed by atoms with Crippen LogP contribution >= 0.6 is 0 Å². The van der Waals surface area contributed by atoms with E-state index < -0.39 is 0 Å². The molecule has 0 saturated heterocycles. The lowest BCUT2D eigenvalue weighted by Gasteiger charge is -2.42. The number of nitriles is 1. The van der Waals surface area contributed by atoms with E-state index in [1.54, 1.807) is 0 Å². The molecule has 2 nitrogen and oxygen atoms in total. The lowest BCUT2D eigenvalue weighted by molar-refractivity contribution is -0.123. The minimum Gasteiger partial charge on any atom is -0.300 e. The molecule has 0 amide bonds. The highest BCUT2D eigenvalue weighted by atomic mass is 16.1. The van der Waals surface area contributed by atoms with Crippen molar-refractivity contribution in [1.29, 1.82) is 5.26 Å². The van der Waals surface area contributed by atoms with E-state index in [0.717, 1.165) is 44.9 Å². The molecule has 0 radical (unpaired) electrons. The van der Waals surface area contributed by atoms with E-state index in [9.17, 15) is 10.1 Å². The number of hydrogen-bond acceptors (Lipinski definition) is 2. The van der Waals surface area contributed by atoms with Gasteiger partial charge in [0.25, 0.3) is 0 Å². The van der Waals surface area contributed by atoms with Crippen LogP contribution in [-0.4, -0.2) is 5.78 Å². The van der Waals surface area contributed by atoms with Gasteiger partial charge in [-0.2, -0.15) is 5.26 Å². The molecule has 1 aromatic rings. The molecule has 134 valence electrons. The molecule has 2 aliphatic carbocycles. The number of ketones is 1. The second-order valence-corrected chi connectivity index (χ2v) is 8.22. The van der Waals surface area contributed by atoms with Crippen LogP contribution in [-0.2, 0) is 11.2 Å². The standard InChI is InChI=1S/C23H31NO/c1-2-3-5-18-8-10-19(11-9-18)20-12-14-23(17-24,15-13-20)21-6-4-7-22(25)16-21/h8-11,20-21H,2-7,12-16H2,1H3/t20-,21-,23+/m1/s1. The molecule has 0 bridgehead atoms. The number of carbonyl (C=O) groups is 1. The smallest absolute Gasteiger partial charge is 0.133 e. The van der Waals surface area contributed by atoms with Crippen LogP contribution in [0.5, 0.6) is 0 Å². The molecule has 0 aromatic heterocycles. The lowest BCUT2D eigenvalue weighted by Crippen LogP contribution is -2.36. The predicted molar refractivity (Wildman–Crippen MR) is 101 cm³/mol. The van der Waals surface area contributed by atoms with Gasteiger partial charge in [-0.25, -0.2) is 0 Å². The van der Waals surface area contributed by atoms with Gasteiger partial charge < -0.3 is 0 Å². The summed E-state index contributed by atoms with van der Waals surface area (Å²) in [6.45, 7) is 2.23. The zero-order valence-corrected chi connectivity index (χ0v) is 15.6. The van der Waals surface area contributed by atoms with Crippen molar-refractivity contribution in [2.75, 3.05) is 0 Å². The third-order valence-corrected chi connectivity index (χ3v) is 6.63. The molecule has 0 spiro atoms. The van der Waals surface area contributed by atoms with Crippen LogP contribution in [0.2, 0.25) is 0 Å². The first-order valence-electron chi connectivity index (χ1n) is 10.2.